The Kier molecular flexibility index (Phi) is 3.12. The summed E-state index contributed by atoms with van der Waals surface area (Å²) < 4.78 is 0. The van der Waals surface area contributed by atoms with Gasteiger partial charge in [0.25, 0.3) is 0 Å². The van der Waals surface area contributed by atoms with E-state index >= 15 is 0 Å². The summed E-state index contributed by atoms with van der Waals surface area (Å²) in [7, 11) is 0. The first-order valence-electron chi connectivity index (χ1n) is 7.56. The fourth-order valence-electron chi connectivity index (χ4n) is 2.88. The van der Waals surface area contributed by atoms with Crippen LogP contribution in [0.5, 0.6) is 5.75 Å². The van der Waals surface area contributed by atoms with Crippen LogP contribution in [0.25, 0.3) is 33.3 Å². The lowest BCUT2D eigenvalue weighted by molar-refractivity contribution is 0.477. The highest BCUT2D eigenvalue weighted by molar-refractivity contribution is 5.82. The molecule has 4 aromatic rings. The second kappa shape index (κ2) is 5.29. The van der Waals surface area contributed by atoms with Crippen LogP contribution in [-0.2, 0) is 0 Å². The van der Waals surface area contributed by atoms with E-state index in [0.717, 1.165) is 39.1 Å². The second-order valence-corrected chi connectivity index (χ2v) is 5.65. The third-order valence-corrected chi connectivity index (χ3v) is 4.03. The second-order valence-electron chi connectivity index (χ2n) is 5.65. The van der Waals surface area contributed by atoms with Crippen LogP contribution in [0, 0.1) is 6.92 Å². The first-order valence-corrected chi connectivity index (χ1v) is 7.56. The Morgan fingerprint density at radius 1 is 0.826 bits per heavy atom. The van der Waals surface area contributed by atoms with E-state index in [1.165, 1.54) is 0 Å². The molecular weight excluding hydrogens is 284 g/mol. The molecule has 0 aliphatic rings. The molecule has 0 bridgehead atoms. The summed E-state index contributed by atoms with van der Waals surface area (Å²) in [4.78, 5) is 7.70. The number of imidazole rings is 1. The maximum absolute atomic E-state index is 9.96. The van der Waals surface area contributed by atoms with Gasteiger partial charge < -0.3 is 10.1 Å². The molecule has 3 heteroatoms. The van der Waals surface area contributed by atoms with Gasteiger partial charge in [0.05, 0.1) is 11.0 Å². The van der Waals surface area contributed by atoms with Gasteiger partial charge >= 0.3 is 0 Å². The number of aromatic amines is 1. The standard InChI is InChI=1S/C20H16N2O/c1-13-21-18-11-10-16(12-19(18)22-13)14-6-8-15(9-7-14)17-4-2-3-5-20(17)23/h2-12,23H,1H3,(H,21,22). The molecule has 0 saturated carbocycles. The van der Waals surface area contributed by atoms with Gasteiger partial charge in [-0.2, -0.15) is 0 Å². The Balaban J connectivity index is 1.73. The normalized spacial score (nSPS) is 11.0. The van der Waals surface area contributed by atoms with Gasteiger partial charge in [-0.3, -0.25) is 0 Å². The number of phenols is 1. The maximum Gasteiger partial charge on any atom is 0.123 e. The van der Waals surface area contributed by atoms with Crippen LogP contribution in [0.4, 0.5) is 0 Å². The van der Waals surface area contributed by atoms with Crippen molar-refractivity contribution < 1.29 is 5.11 Å². The molecule has 0 atom stereocenters. The van der Waals surface area contributed by atoms with Gasteiger partial charge in [0.2, 0.25) is 0 Å². The van der Waals surface area contributed by atoms with E-state index < -0.39 is 0 Å². The zero-order chi connectivity index (χ0) is 15.8. The minimum absolute atomic E-state index is 0.301. The van der Waals surface area contributed by atoms with Crippen LogP contribution in [0.3, 0.4) is 0 Å². The molecule has 0 aliphatic heterocycles. The number of aromatic nitrogens is 2. The summed E-state index contributed by atoms with van der Waals surface area (Å²) in [6.07, 6.45) is 0. The van der Waals surface area contributed by atoms with Crippen molar-refractivity contribution in [3.8, 4) is 28.0 Å². The Labute approximate surface area is 134 Å². The number of aromatic hydroxyl groups is 1. The third kappa shape index (κ3) is 2.46. The number of para-hydroxylation sites is 1. The van der Waals surface area contributed by atoms with Crippen molar-refractivity contribution in [3.63, 3.8) is 0 Å². The molecule has 4 rings (SSSR count). The van der Waals surface area contributed by atoms with Gasteiger partial charge in [0.1, 0.15) is 11.6 Å². The molecule has 0 saturated heterocycles. The molecule has 1 aromatic heterocycles. The molecule has 1 heterocycles. The number of nitrogens with one attached hydrogen (secondary N) is 1. The van der Waals surface area contributed by atoms with Crippen LogP contribution in [0.1, 0.15) is 5.82 Å². The topological polar surface area (TPSA) is 48.9 Å². The van der Waals surface area contributed by atoms with Crippen LogP contribution >= 0.6 is 0 Å². The summed E-state index contributed by atoms with van der Waals surface area (Å²) in [5, 5.41) is 9.96. The number of phenolic OH excluding ortho intramolecular Hbond substituents is 1. The summed E-state index contributed by atoms with van der Waals surface area (Å²) in [6.45, 7) is 1.96. The number of hydrogen-bond acceptors (Lipinski definition) is 2. The number of nitrogens with zero attached hydrogens (tertiary/aromatic N) is 1. The van der Waals surface area contributed by atoms with Crippen molar-refractivity contribution in [1.82, 2.24) is 9.97 Å². The highest BCUT2D eigenvalue weighted by Crippen LogP contribution is 2.31. The van der Waals surface area contributed by atoms with E-state index in [9.17, 15) is 5.11 Å². The average molecular weight is 300 g/mol. The lowest BCUT2D eigenvalue weighted by atomic mass is 9.99. The highest BCUT2D eigenvalue weighted by Gasteiger charge is 2.05. The van der Waals surface area contributed by atoms with Crippen LogP contribution in [0.2, 0.25) is 0 Å². The zero-order valence-corrected chi connectivity index (χ0v) is 12.7. The fraction of sp³-hybridized carbons (Fsp3) is 0.0500. The summed E-state index contributed by atoms with van der Waals surface area (Å²) >= 11 is 0. The lowest BCUT2D eigenvalue weighted by Crippen LogP contribution is -1.81. The highest BCUT2D eigenvalue weighted by atomic mass is 16.3. The van der Waals surface area contributed by atoms with Gasteiger partial charge in [-0.15, -0.1) is 0 Å². The molecule has 0 aliphatic carbocycles. The van der Waals surface area contributed by atoms with Crippen molar-refractivity contribution in [2.75, 3.05) is 0 Å². The van der Waals surface area contributed by atoms with Crippen molar-refractivity contribution in [3.05, 3.63) is 72.6 Å². The molecule has 0 amide bonds. The third-order valence-electron chi connectivity index (χ3n) is 4.03. The number of fused-ring (bicyclic) bond motifs is 1. The van der Waals surface area contributed by atoms with Crippen LogP contribution < -0.4 is 0 Å². The van der Waals surface area contributed by atoms with Gasteiger partial charge in [0, 0.05) is 5.56 Å². The molecule has 23 heavy (non-hydrogen) atoms. The monoisotopic (exact) mass is 300 g/mol. The number of hydrogen-bond donors (Lipinski definition) is 2. The minimum Gasteiger partial charge on any atom is -0.507 e. The fourth-order valence-corrected chi connectivity index (χ4v) is 2.88. The average Bonchev–Trinajstić information content (AvgIpc) is 2.94. The first-order chi connectivity index (χ1) is 11.2. The van der Waals surface area contributed by atoms with Gasteiger partial charge in [-0.05, 0) is 41.8 Å². The quantitative estimate of drug-likeness (QED) is 0.552. The van der Waals surface area contributed by atoms with E-state index in [4.69, 9.17) is 0 Å². The Morgan fingerprint density at radius 3 is 2.30 bits per heavy atom. The summed E-state index contributed by atoms with van der Waals surface area (Å²) in [5.74, 6) is 1.22. The molecule has 112 valence electrons. The predicted octanol–water partition coefficient (Wildman–Crippen LogP) is 4.91. The van der Waals surface area contributed by atoms with Crippen molar-refractivity contribution in [2.45, 2.75) is 6.92 Å². The SMILES string of the molecule is Cc1nc2ccc(-c3ccc(-c4ccccc4O)cc3)cc2[nH]1. The van der Waals surface area contributed by atoms with Gasteiger partial charge in [0.15, 0.2) is 0 Å². The lowest BCUT2D eigenvalue weighted by Gasteiger charge is -2.06. The van der Waals surface area contributed by atoms with Crippen molar-refractivity contribution in [2.24, 2.45) is 0 Å². The van der Waals surface area contributed by atoms with E-state index in [2.05, 4.69) is 34.2 Å². The summed E-state index contributed by atoms with van der Waals surface area (Å²) in [5.41, 5.74) is 6.16. The Hall–Kier alpha value is -3.07. The van der Waals surface area contributed by atoms with E-state index in [0.29, 0.717) is 5.75 Å². The molecule has 2 N–H and O–H groups in total. The molecule has 3 nitrogen and oxygen atoms in total. The van der Waals surface area contributed by atoms with E-state index in [-0.39, 0.29) is 0 Å². The van der Waals surface area contributed by atoms with Gasteiger partial charge in [-0.1, -0.05) is 48.5 Å². The molecule has 0 radical (unpaired) electrons. The molecule has 3 aromatic carbocycles. The minimum atomic E-state index is 0.301. The Bertz CT molecular complexity index is 984. The smallest absolute Gasteiger partial charge is 0.123 e. The largest absolute Gasteiger partial charge is 0.507 e. The predicted molar refractivity (Wildman–Crippen MR) is 93.4 cm³/mol. The molecule has 0 spiro atoms. The van der Waals surface area contributed by atoms with Crippen molar-refractivity contribution >= 4 is 11.0 Å². The zero-order valence-electron chi connectivity index (χ0n) is 12.7. The number of rotatable bonds is 2. The van der Waals surface area contributed by atoms with Gasteiger partial charge in [-0.25, -0.2) is 4.98 Å². The molecule has 0 unspecified atom stereocenters. The maximum atomic E-state index is 9.96. The van der Waals surface area contributed by atoms with Crippen molar-refractivity contribution in [1.29, 1.82) is 0 Å². The van der Waals surface area contributed by atoms with Crippen LogP contribution in [0.15, 0.2) is 66.7 Å². The molecule has 0 fully saturated rings. The first kappa shape index (κ1) is 13.6. The summed E-state index contributed by atoms with van der Waals surface area (Å²) in [6, 6.07) is 21.8. The molecular formula is C20H16N2O. The van der Waals surface area contributed by atoms with E-state index in [1.807, 2.05) is 43.3 Å². The Morgan fingerprint density at radius 2 is 1.52 bits per heavy atom. The van der Waals surface area contributed by atoms with Crippen LogP contribution in [-0.4, -0.2) is 15.1 Å². The number of aryl methyl sites for hydroxylation is 1. The number of benzene rings is 3. The van der Waals surface area contributed by atoms with E-state index in [1.54, 1.807) is 6.07 Å². The number of H-pyrrole nitrogens is 1.